The molecule has 0 spiro atoms. The van der Waals surface area contributed by atoms with Gasteiger partial charge in [0.15, 0.2) is 0 Å². The van der Waals surface area contributed by atoms with E-state index in [-0.39, 0.29) is 5.95 Å². The number of aromatic amines is 1. The molecule has 0 radical (unpaired) electrons. The molecule has 4 heteroatoms. The summed E-state index contributed by atoms with van der Waals surface area (Å²) in [4.78, 5) is 3.95. The van der Waals surface area contributed by atoms with Crippen LogP contribution in [0, 0.1) is 0 Å². The number of anilines is 1. The van der Waals surface area contributed by atoms with Gasteiger partial charge in [-0.15, -0.1) is 5.10 Å². The number of H-pyrrole nitrogens is 1. The summed E-state index contributed by atoms with van der Waals surface area (Å²) in [5.74, 6) is 0.920. The number of hydrogen-bond donors (Lipinski definition) is 2. The number of benzene rings is 1. The second-order valence-electron chi connectivity index (χ2n) is 2.82. The molecule has 0 fully saturated rings. The quantitative estimate of drug-likeness (QED) is 0.747. The highest BCUT2D eigenvalue weighted by Gasteiger charge is 1.92. The van der Waals surface area contributed by atoms with Crippen molar-refractivity contribution >= 4 is 18.1 Å². The Morgan fingerprint density at radius 1 is 1.14 bits per heavy atom. The molecule has 0 aliphatic heterocycles. The van der Waals surface area contributed by atoms with E-state index >= 15 is 0 Å². The van der Waals surface area contributed by atoms with Crippen LogP contribution in [0.1, 0.15) is 11.4 Å². The highest BCUT2D eigenvalue weighted by Crippen LogP contribution is 2.04. The van der Waals surface area contributed by atoms with E-state index in [1.54, 1.807) is 0 Å². The molecule has 0 saturated carbocycles. The first-order valence-electron chi connectivity index (χ1n) is 4.25. The lowest BCUT2D eigenvalue weighted by Crippen LogP contribution is -1.85. The summed E-state index contributed by atoms with van der Waals surface area (Å²) < 4.78 is 0. The largest absolute Gasteiger partial charge is 0.366 e. The first kappa shape index (κ1) is 8.50. The molecule has 0 unspecified atom stereocenters. The van der Waals surface area contributed by atoms with Crippen LogP contribution >= 0.6 is 0 Å². The van der Waals surface area contributed by atoms with Gasteiger partial charge in [-0.05, 0) is 11.6 Å². The van der Waals surface area contributed by atoms with Crippen molar-refractivity contribution in [3.05, 3.63) is 41.7 Å². The van der Waals surface area contributed by atoms with Crippen molar-refractivity contribution in [2.75, 3.05) is 5.73 Å². The van der Waals surface area contributed by atoms with Crippen LogP contribution < -0.4 is 5.73 Å². The van der Waals surface area contributed by atoms with Gasteiger partial charge in [0.2, 0.25) is 5.95 Å². The molecule has 1 heterocycles. The molecule has 0 bridgehead atoms. The van der Waals surface area contributed by atoms with Gasteiger partial charge < -0.3 is 5.73 Å². The molecule has 0 aliphatic rings. The lowest BCUT2D eigenvalue weighted by molar-refractivity contribution is 1.09. The number of rotatable bonds is 2. The minimum Gasteiger partial charge on any atom is -0.366 e. The second kappa shape index (κ2) is 3.74. The molecule has 70 valence electrons. The summed E-state index contributed by atoms with van der Waals surface area (Å²) in [7, 11) is 0. The van der Waals surface area contributed by atoms with E-state index in [0.717, 1.165) is 5.56 Å². The molecule has 1 aromatic carbocycles. The number of nitrogens with one attached hydrogen (secondary N) is 1. The van der Waals surface area contributed by atoms with Gasteiger partial charge in [0.05, 0.1) is 0 Å². The van der Waals surface area contributed by atoms with Crippen LogP contribution in [0.3, 0.4) is 0 Å². The molecule has 3 N–H and O–H groups in total. The zero-order chi connectivity index (χ0) is 9.80. The molecule has 4 nitrogen and oxygen atoms in total. The van der Waals surface area contributed by atoms with Crippen molar-refractivity contribution in [3.63, 3.8) is 0 Å². The maximum absolute atomic E-state index is 5.36. The van der Waals surface area contributed by atoms with Crippen molar-refractivity contribution in [2.24, 2.45) is 0 Å². The Morgan fingerprint density at radius 3 is 2.57 bits per heavy atom. The van der Waals surface area contributed by atoms with Gasteiger partial charge in [0, 0.05) is 0 Å². The predicted molar refractivity (Wildman–Crippen MR) is 56.2 cm³/mol. The fourth-order valence-corrected chi connectivity index (χ4v) is 1.10. The molecule has 0 atom stereocenters. The van der Waals surface area contributed by atoms with Gasteiger partial charge in [0.25, 0.3) is 0 Å². The van der Waals surface area contributed by atoms with Crippen molar-refractivity contribution in [1.82, 2.24) is 15.2 Å². The Morgan fingerprint density at radius 2 is 1.93 bits per heavy atom. The average molecular weight is 186 g/mol. The van der Waals surface area contributed by atoms with Gasteiger partial charge in [-0.25, -0.2) is 0 Å². The SMILES string of the molecule is Nc1n[nH]c(C=Cc2ccccc2)n1. The molecule has 14 heavy (non-hydrogen) atoms. The van der Waals surface area contributed by atoms with Crippen LogP contribution in [-0.2, 0) is 0 Å². The van der Waals surface area contributed by atoms with Crippen LogP contribution in [0.4, 0.5) is 5.95 Å². The Hall–Kier alpha value is -2.10. The number of hydrogen-bond acceptors (Lipinski definition) is 3. The van der Waals surface area contributed by atoms with Crippen molar-refractivity contribution in [3.8, 4) is 0 Å². The van der Waals surface area contributed by atoms with Gasteiger partial charge >= 0.3 is 0 Å². The van der Waals surface area contributed by atoms with Gasteiger partial charge in [0.1, 0.15) is 5.82 Å². The van der Waals surface area contributed by atoms with E-state index < -0.39 is 0 Å². The van der Waals surface area contributed by atoms with E-state index in [4.69, 9.17) is 5.73 Å². The predicted octanol–water partition coefficient (Wildman–Crippen LogP) is 1.56. The summed E-state index contributed by atoms with van der Waals surface area (Å²) in [5, 5.41) is 6.42. The third-order valence-electron chi connectivity index (χ3n) is 1.75. The summed E-state index contributed by atoms with van der Waals surface area (Å²) in [6, 6.07) is 9.96. The van der Waals surface area contributed by atoms with Crippen LogP contribution in [-0.4, -0.2) is 15.2 Å². The Labute approximate surface area is 81.5 Å². The number of nitrogens with zero attached hydrogens (tertiary/aromatic N) is 2. The van der Waals surface area contributed by atoms with Crippen LogP contribution in [0.5, 0.6) is 0 Å². The zero-order valence-electron chi connectivity index (χ0n) is 7.51. The standard InChI is InChI=1S/C10H10N4/c11-10-12-9(13-14-10)7-6-8-4-2-1-3-5-8/h1-7H,(H3,11,12,13,14). The minimum absolute atomic E-state index is 0.262. The van der Waals surface area contributed by atoms with E-state index in [1.807, 2.05) is 42.5 Å². The highest BCUT2D eigenvalue weighted by molar-refractivity contribution is 5.66. The van der Waals surface area contributed by atoms with Crippen molar-refractivity contribution < 1.29 is 0 Å². The van der Waals surface area contributed by atoms with Gasteiger partial charge in [-0.1, -0.05) is 36.4 Å². The lowest BCUT2D eigenvalue weighted by Gasteiger charge is -1.88. The molecular formula is C10H10N4. The monoisotopic (exact) mass is 186 g/mol. The van der Waals surface area contributed by atoms with Crippen molar-refractivity contribution in [2.45, 2.75) is 0 Å². The van der Waals surface area contributed by atoms with Gasteiger partial charge in [-0.3, -0.25) is 5.10 Å². The third-order valence-corrected chi connectivity index (χ3v) is 1.75. The van der Waals surface area contributed by atoms with Gasteiger partial charge in [-0.2, -0.15) is 4.98 Å². The maximum atomic E-state index is 5.36. The topological polar surface area (TPSA) is 67.6 Å². The number of nitrogen functional groups attached to an aromatic ring is 1. The van der Waals surface area contributed by atoms with E-state index in [1.165, 1.54) is 0 Å². The summed E-state index contributed by atoms with van der Waals surface area (Å²) in [5.41, 5.74) is 6.47. The summed E-state index contributed by atoms with van der Waals surface area (Å²) >= 11 is 0. The minimum atomic E-state index is 0.262. The summed E-state index contributed by atoms with van der Waals surface area (Å²) in [6.07, 6.45) is 3.78. The first-order valence-corrected chi connectivity index (χ1v) is 4.25. The molecule has 0 amide bonds. The molecule has 2 aromatic rings. The van der Waals surface area contributed by atoms with E-state index in [2.05, 4.69) is 15.2 Å². The Kier molecular flexibility index (Phi) is 2.27. The average Bonchev–Trinajstić information content (AvgIpc) is 2.63. The fourth-order valence-electron chi connectivity index (χ4n) is 1.10. The van der Waals surface area contributed by atoms with Crippen LogP contribution in [0.25, 0.3) is 12.2 Å². The lowest BCUT2D eigenvalue weighted by atomic mass is 10.2. The number of nitrogens with two attached hydrogens (primary N) is 1. The third kappa shape index (κ3) is 1.98. The molecule has 0 saturated heterocycles. The molecule has 1 aromatic heterocycles. The first-order chi connectivity index (χ1) is 6.84. The van der Waals surface area contributed by atoms with Crippen molar-refractivity contribution in [1.29, 1.82) is 0 Å². The Bertz CT molecular complexity index is 430. The Balaban J connectivity index is 2.15. The molecule has 2 rings (SSSR count). The normalized spacial score (nSPS) is 10.9. The fraction of sp³-hybridized carbons (Fsp3) is 0. The number of aromatic nitrogens is 3. The zero-order valence-corrected chi connectivity index (χ0v) is 7.51. The summed E-state index contributed by atoms with van der Waals surface area (Å²) in [6.45, 7) is 0. The molecule has 0 aliphatic carbocycles. The second-order valence-corrected chi connectivity index (χ2v) is 2.82. The van der Waals surface area contributed by atoms with Crippen LogP contribution in [0.2, 0.25) is 0 Å². The smallest absolute Gasteiger partial charge is 0.239 e. The van der Waals surface area contributed by atoms with Crippen LogP contribution in [0.15, 0.2) is 30.3 Å². The molecular weight excluding hydrogens is 176 g/mol. The van der Waals surface area contributed by atoms with E-state index in [0.29, 0.717) is 5.82 Å². The highest BCUT2D eigenvalue weighted by atomic mass is 15.3. The maximum Gasteiger partial charge on any atom is 0.239 e. The van der Waals surface area contributed by atoms with E-state index in [9.17, 15) is 0 Å².